The van der Waals surface area contributed by atoms with Gasteiger partial charge in [-0.25, -0.2) is 4.68 Å². The van der Waals surface area contributed by atoms with Gasteiger partial charge in [-0.3, -0.25) is 0 Å². The van der Waals surface area contributed by atoms with Crippen molar-refractivity contribution in [2.45, 2.75) is 13.8 Å². The highest BCUT2D eigenvalue weighted by Crippen LogP contribution is 2.23. The maximum atomic E-state index is 5.52. The van der Waals surface area contributed by atoms with E-state index in [2.05, 4.69) is 23.3 Å². The van der Waals surface area contributed by atoms with Crippen molar-refractivity contribution < 1.29 is 4.74 Å². The van der Waals surface area contributed by atoms with Crippen LogP contribution in [-0.2, 0) is 0 Å². The topological polar surface area (TPSA) is 39.9 Å². The van der Waals surface area contributed by atoms with E-state index in [9.17, 15) is 0 Å². The quantitative estimate of drug-likeness (QED) is 0.732. The fourth-order valence-corrected chi connectivity index (χ4v) is 2.25. The Labute approximate surface area is 124 Å². The molecular formula is C17H17N3O. The number of hydrogen-bond donors (Lipinski definition) is 0. The SMILES string of the molecule is CCOc1cccc(-c2cn(-c3ccccc3C)nn2)c1. The Balaban J connectivity index is 1.95. The monoisotopic (exact) mass is 279 g/mol. The second-order valence-corrected chi connectivity index (χ2v) is 4.80. The van der Waals surface area contributed by atoms with Crippen LogP contribution in [0.5, 0.6) is 5.75 Å². The molecule has 3 aromatic rings. The van der Waals surface area contributed by atoms with Gasteiger partial charge in [0.15, 0.2) is 0 Å². The predicted molar refractivity (Wildman–Crippen MR) is 82.7 cm³/mol. The second-order valence-electron chi connectivity index (χ2n) is 4.80. The minimum atomic E-state index is 0.652. The zero-order valence-corrected chi connectivity index (χ0v) is 12.2. The highest BCUT2D eigenvalue weighted by atomic mass is 16.5. The standard InChI is InChI=1S/C17H17N3O/c1-3-21-15-9-6-8-14(11-15)16-12-20(19-18-16)17-10-5-4-7-13(17)2/h4-12H,3H2,1-2H3. The van der Waals surface area contributed by atoms with Gasteiger partial charge in [0.2, 0.25) is 0 Å². The fraction of sp³-hybridized carbons (Fsp3) is 0.176. The molecule has 2 aromatic carbocycles. The van der Waals surface area contributed by atoms with E-state index in [0.29, 0.717) is 6.61 Å². The number of rotatable bonds is 4. The molecule has 3 rings (SSSR count). The maximum Gasteiger partial charge on any atom is 0.119 e. The first-order valence-corrected chi connectivity index (χ1v) is 6.99. The van der Waals surface area contributed by atoms with Crippen LogP contribution in [0.2, 0.25) is 0 Å². The molecule has 0 amide bonds. The molecule has 0 spiro atoms. The molecule has 0 atom stereocenters. The van der Waals surface area contributed by atoms with Crippen molar-refractivity contribution in [1.82, 2.24) is 15.0 Å². The Morgan fingerprint density at radius 2 is 1.95 bits per heavy atom. The predicted octanol–water partition coefficient (Wildman–Crippen LogP) is 3.64. The summed E-state index contributed by atoms with van der Waals surface area (Å²) in [5.41, 5.74) is 4.04. The summed E-state index contributed by atoms with van der Waals surface area (Å²) in [4.78, 5) is 0. The van der Waals surface area contributed by atoms with Crippen LogP contribution < -0.4 is 4.74 Å². The van der Waals surface area contributed by atoms with Crippen LogP contribution in [0.1, 0.15) is 12.5 Å². The number of hydrogen-bond acceptors (Lipinski definition) is 3. The molecule has 0 saturated heterocycles. The minimum Gasteiger partial charge on any atom is -0.494 e. The summed E-state index contributed by atoms with van der Waals surface area (Å²) in [7, 11) is 0. The lowest BCUT2D eigenvalue weighted by atomic mass is 10.1. The Kier molecular flexibility index (Phi) is 3.69. The molecule has 21 heavy (non-hydrogen) atoms. The molecule has 0 aliphatic carbocycles. The Morgan fingerprint density at radius 3 is 2.76 bits per heavy atom. The summed E-state index contributed by atoms with van der Waals surface area (Å²) < 4.78 is 7.33. The van der Waals surface area contributed by atoms with E-state index in [-0.39, 0.29) is 0 Å². The fourth-order valence-electron chi connectivity index (χ4n) is 2.25. The first kappa shape index (κ1) is 13.4. The third kappa shape index (κ3) is 2.79. The first-order chi connectivity index (χ1) is 10.3. The molecule has 0 radical (unpaired) electrons. The van der Waals surface area contributed by atoms with Gasteiger partial charge in [-0.15, -0.1) is 5.10 Å². The van der Waals surface area contributed by atoms with Gasteiger partial charge in [0.05, 0.1) is 18.5 Å². The third-order valence-corrected chi connectivity index (χ3v) is 3.30. The lowest BCUT2D eigenvalue weighted by molar-refractivity contribution is 0.340. The van der Waals surface area contributed by atoms with Gasteiger partial charge in [0, 0.05) is 5.56 Å². The van der Waals surface area contributed by atoms with Crippen molar-refractivity contribution in [3.8, 4) is 22.7 Å². The van der Waals surface area contributed by atoms with Crippen molar-refractivity contribution in [3.05, 3.63) is 60.3 Å². The Bertz CT molecular complexity index is 749. The zero-order valence-electron chi connectivity index (χ0n) is 12.2. The average Bonchev–Trinajstić information content (AvgIpc) is 2.98. The van der Waals surface area contributed by atoms with Crippen LogP contribution in [-0.4, -0.2) is 21.6 Å². The van der Waals surface area contributed by atoms with Crippen LogP contribution in [0, 0.1) is 6.92 Å². The van der Waals surface area contributed by atoms with Gasteiger partial charge in [-0.2, -0.15) is 0 Å². The van der Waals surface area contributed by atoms with Gasteiger partial charge in [0.25, 0.3) is 0 Å². The molecule has 0 N–H and O–H groups in total. The van der Waals surface area contributed by atoms with Crippen LogP contribution in [0.25, 0.3) is 16.9 Å². The molecule has 1 aromatic heterocycles. The summed E-state index contributed by atoms with van der Waals surface area (Å²) >= 11 is 0. The normalized spacial score (nSPS) is 10.6. The van der Waals surface area contributed by atoms with Crippen molar-refractivity contribution in [3.63, 3.8) is 0 Å². The number of aryl methyl sites for hydroxylation is 1. The van der Waals surface area contributed by atoms with Gasteiger partial charge in [-0.1, -0.05) is 35.5 Å². The van der Waals surface area contributed by atoms with Gasteiger partial charge < -0.3 is 4.74 Å². The van der Waals surface area contributed by atoms with Crippen LogP contribution in [0.3, 0.4) is 0 Å². The number of para-hydroxylation sites is 1. The highest BCUT2D eigenvalue weighted by Gasteiger charge is 2.07. The first-order valence-electron chi connectivity index (χ1n) is 6.99. The lowest BCUT2D eigenvalue weighted by Gasteiger charge is -2.04. The molecule has 0 saturated carbocycles. The van der Waals surface area contributed by atoms with E-state index in [0.717, 1.165) is 28.3 Å². The van der Waals surface area contributed by atoms with Crippen LogP contribution >= 0.6 is 0 Å². The minimum absolute atomic E-state index is 0.652. The molecule has 0 aliphatic heterocycles. The van der Waals surface area contributed by atoms with Gasteiger partial charge >= 0.3 is 0 Å². The number of ether oxygens (including phenoxy) is 1. The summed E-state index contributed by atoms with van der Waals surface area (Å²) in [6.07, 6.45) is 1.94. The van der Waals surface area contributed by atoms with E-state index in [1.807, 2.05) is 55.6 Å². The van der Waals surface area contributed by atoms with E-state index in [4.69, 9.17) is 4.74 Å². The molecule has 0 aliphatic rings. The van der Waals surface area contributed by atoms with Crippen molar-refractivity contribution in [1.29, 1.82) is 0 Å². The zero-order chi connectivity index (χ0) is 14.7. The molecule has 0 bridgehead atoms. The third-order valence-electron chi connectivity index (χ3n) is 3.30. The maximum absolute atomic E-state index is 5.52. The average molecular weight is 279 g/mol. The largest absolute Gasteiger partial charge is 0.494 e. The number of aromatic nitrogens is 3. The van der Waals surface area contributed by atoms with Crippen molar-refractivity contribution in [2.24, 2.45) is 0 Å². The highest BCUT2D eigenvalue weighted by molar-refractivity contribution is 5.60. The van der Waals surface area contributed by atoms with E-state index >= 15 is 0 Å². The molecule has 106 valence electrons. The number of benzene rings is 2. The molecule has 0 fully saturated rings. The van der Waals surface area contributed by atoms with Crippen molar-refractivity contribution >= 4 is 0 Å². The summed E-state index contributed by atoms with van der Waals surface area (Å²) in [6, 6.07) is 16.0. The van der Waals surface area contributed by atoms with E-state index in [1.165, 1.54) is 0 Å². The summed E-state index contributed by atoms with van der Waals surface area (Å²) in [5, 5.41) is 8.49. The summed E-state index contributed by atoms with van der Waals surface area (Å²) in [5.74, 6) is 0.848. The van der Waals surface area contributed by atoms with Crippen LogP contribution in [0.15, 0.2) is 54.7 Å². The smallest absolute Gasteiger partial charge is 0.119 e. The lowest BCUT2D eigenvalue weighted by Crippen LogP contribution is -1.96. The Hall–Kier alpha value is -2.62. The van der Waals surface area contributed by atoms with E-state index in [1.54, 1.807) is 4.68 Å². The van der Waals surface area contributed by atoms with Crippen LogP contribution in [0.4, 0.5) is 0 Å². The Morgan fingerprint density at radius 1 is 1.10 bits per heavy atom. The molecule has 4 heteroatoms. The second kappa shape index (κ2) is 5.79. The van der Waals surface area contributed by atoms with Gasteiger partial charge in [0.1, 0.15) is 11.4 Å². The molecule has 4 nitrogen and oxygen atoms in total. The number of nitrogens with zero attached hydrogens (tertiary/aromatic N) is 3. The van der Waals surface area contributed by atoms with Crippen molar-refractivity contribution in [2.75, 3.05) is 6.61 Å². The molecular weight excluding hydrogens is 262 g/mol. The van der Waals surface area contributed by atoms with E-state index < -0.39 is 0 Å². The molecule has 0 unspecified atom stereocenters. The van der Waals surface area contributed by atoms with Gasteiger partial charge in [-0.05, 0) is 37.6 Å². The summed E-state index contributed by atoms with van der Waals surface area (Å²) in [6.45, 7) is 4.69. The molecule has 1 heterocycles.